The number of allylic oxidation sites excluding steroid dienone is 2. The van der Waals surface area contributed by atoms with Crippen molar-refractivity contribution in [3.8, 4) is 0 Å². The number of rotatable bonds is 10. The predicted octanol–water partition coefficient (Wildman–Crippen LogP) is 6.12. The summed E-state index contributed by atoms with van der Waals surface area (Å²) < 4.78 is 12.3. The van der Waals surface area contributed by atoms with Crippen LogP contribution in [-0.2, 0) is 27.5 Å². The number of aromatic nitrogens is 1. The lowest BCUT2D eigenvalue weighted by Gasteiger charge is -2.36. The molecule has 3 aliphatic heterocycles. The van der Waals surface area contributed by atoms with Gasteiger partial charge in [-0.05, 0) is 85.1 Å². The zero-order chi connectivity index (χ0) is 32.5. The lowest BCUT2D eigenvalue weighted by molar-refractivity contribution is -0.144. The number of pyridine rings is 1. The van der Waals surface area contributed by atoms with Crippen LogP contribution >= 0.6 is 0 Å². The zero-order valence-corrected chi connectivity index (χ0v) is 27.4. The first-order valence-corrected chi connectivity index (χ1v) is 17.2. The molecule has 8 nitrogen and oxygen atoms in total. The van der Waals surface area contributed by atoms with E-state index in [-0.39, 0.29) is 54.2 Å². The number of imide groups is 1. The van der Waals surface area contributed by atoms with Gasteiger partial charge in [0.15, 0.2) is 0 Å². The molecule has 2 aromatic heterocycles. The number of benzene rings is 1. The molecule has 246 valence electrons. The van der Waals surface area contributed by atoms with E-state index in [0.29, 0.717) is 31.0 Å². The normalized spacial score (nSPS) is 25.6. The van der Waals surface area contributed by atoms with E-state index in [1.807, 2.05) is 36.4 Å². The Labute approximate surface area is 277 Å². The van der Waals surface area contributed by atoms with Crippen molar-refractivity contribution in [1.82, 2.24) is 14.8 Å². The molecular formula is C39H45N3O5. The van der Waals surface area contributed by atoms with E-state index in [1.165, 1.54) is 16.7 Å². The van der Waals surface area contributed by atoms with Gasteiger partial charge in [0, 0.05) is 37.8 Å². The number of carbonyl (C=O) groups excluding carboxylic acids is 2. The van der Waals surface area contributed by atoms with Crippen molar-refractivity contribution in [2.75, 3.05) is 19.7 Å². The van der Waals surface area contributed by atoms with Crippen LogP contribution in [0.5, 0.6) is 0 Å². The summed E-state index contributed by atoms with van der Waals surface area (Å²) in [6.45, 7) is 7.39. The molecule has 1 aliphatic carbocycles. The molecule has 4 atom stereocenters. The van der Waals surface area contributed by atoms with E-state index in [2.05, 4.69) is 48.0 Å². The monoisotopic (exact) mass is 635 g/mol. The largest absolute Gasteiger partial charge is 0.459 e. The molecule has 0 saturated carbocycles. The van der Waals surface area contributed by atoms with Crippen LogP contribution in [-0.4, -0.2) is 63.5 Å². The van der Waals surface area contributed by atoms with E-state index in [1.54, 1.807) is 17.2 Å². The second-order valence-corrected chi connectivity index (χ2v) is 13.8. The van der Waals surface area contributed by atoms with Gasteiger partial charge in [0.1, 0.15) is 18.1 Å². The average Bonchev–Trinajstić information content (AvgIpc) is 3.80. The Balaban J connectivity index is 1.07. The lowest BCUT2D eigenvalue weighted by Crippen LogP contribution is -2.47. The number of nitrogens with zero attached hydrogens (tertiary/aromatic N) is 3. The van der Waals surface area contributed by atoms with E-state index < -0.39 is 0 Å². The molecule has 3 aromatic rings. The van der Waals surface area contributed by atoms with Crippen molar-refractivity contribution >= 4 is 23.5 Å². The number of aliphatic hydroxyl groups excluding tert-OH is 1. The second-order valence-electron chi connectivity index (χ2n) is 13.8. The van der Waals surface area contributed by atoms with Crippen molar-refractivity contribution in [2.24, 2.45) is 23.7 Å². The van der Waals surface area contributed by atoms with E-state index in [4.69, 9.17) is 9.15 Å². The summed E-state index contributed by atoms with van der Waals surface area (Å²) in [7, 11) is 0. The highest BCUT2D eigenvalue weighted by molar-refractivity contribution is 6.06. The molecular weight excluding hydrogens is 590 g/mol. The maximum Gasteiger partial charge on any atom is 0.234 e. The molecule has 7 rings (SSSR count). The quantitative estimate of drug-likeness (QED) is 0.212. The minimum Gasteiger partial charge on any atom is -0.459 e. The fraction of sp³-hybridized carbons (Fsp3) is 0.462. The Morgan fingerprint density at radius 1 is 1.00 bits per heavy atom. The third-order valence-corrected chi connectivity index (χ3v) is 10.7. The lowest BCUT2D eigenvalue weighted by atomic mass is 9.67. The molecule has 0 bridgehead atoms. The summed E-state index contributed by atoms with van der Waals surface area (Å²) in [5, 5.41) is 9.48. The van der Waals surface area contributed by atoms with Crippen molar-refractivity contribution in [1.29, 1.82) is 0 Å². The molecule has 4 aliphatic rings. The van der Waals surface area contributed by atoms with E-state index >= 15 is 0 Å². The fourth-order valence-electron chi connectivity index (χ4n) is 8.36. The van der Waals surface area contributed by atoms with Crippen LogP contribution in [0.2, 0.25) is 0 Å². The van der Waals surface area contributed by atoms with Gasteiger partial charge in [0.2, 0.25) is 11.8 Å². The minimum absolute atomic E-state index is 0.0163. The van der Waals surface area contributed by atoms with Gasteiger partial charge in [-0.3, -0.25) is 24.4 Å². The first-order valence-electron chi connectivity index (χ1n) is 17.2. The number of ether oxygens (including phenoxy) is 1. The molecule has 3 fully saturated rings. The average molecular weight is 636 g/mol. The number of likely N-dealkylation sites (tertiary alicyclic amines) is 2. The molecule has 8 heteroatoms. The summed E-state index contributed by atoms with van der Waals surface area (Å²) in [6.07, 6.45) is 7.38. The minimum atomic E-state index is -0.335. The number of aliphatic hydroxyl groups is 1. The SMILES string of the molecule is CC(C)C1=C2[C@@H](CC/C(=C/c3ccc(CO)o3)c3ccccn3)OC[C@@H]2[C@@H]2C(=O)N(C3CCN(Cc4ccccc4)CC3)C(=O)[C@@H]2C1. The smallest absolute Gasteiger partial charge is 0.234 e. The summed E-state index contributed by atoms with van der Waals surface area (Å²) >= 11 is 0. The molecule has 3 saturated heterocycles. The van der Waals surface area contributed by atoms with E-state index in [9.17, 15) is 14.7 Å². The first-order chi connectivity index (χ1) is 22.9. The Hall–Kier alpha value is -3.85. The van der Waals surface area contributed by atoms with Crippen LogP contribution in [0, 0.1) is 23.7 Å². The predicted molar refractivity (Wildman–Crippen MR) is 179 cm³/mol. The topological polar surface area (TPSA) is 96.1 Å². The second kappa shape index (κ2) is 13.7. The summed E-state index contributed by atoms with van der Waals surface area (Å²) in [5.41, 5.74) is 5.73. The molecule has 47 heavy (non-hydrogen) atoms. The van der Waals surface area contributed by atoms with Crippen LogP contribution in [0.15, 0.2) is 82.4 Å². The van der Waals surface area contributed by atoms with Gasteiger partial charge in [-0.25, -0.2) is 0 Å². The third kappa shape index (κ3) is 6.39. The zero-order valence-electron chi connectivity index (χ0n) is 27.4. The highest BCUT2D eigenvalue weighted by Gasteiger charge is 2.58. The molecule has 1 N–H and O–H groups in total. The Bertz CT molecular complexity index is 1640. The van der Waals surface area contributed by atoms with Gasteiger partial charge >= 0.3 is 0 Å². The maximum absolute atomic E-state index is 14.2. The fourth-order valence-corrected chi connectivity index (χ4v) is 8.36. The summed E-state index contributed by atoms with van der Waals surface area (Å²) in [5.74, 6) is 0.816. The van der Waals surface area contributed by atoms with Gasteiger partial charge in [-0.15, -0.1) is 0 Å². The Morgan fingerprint density at radius 2 is 1.79 bits per heavy atom. The van der Waals surface area contributed by atoms with Crippen molar-refractivity contribution in [3.05, 3.63) is 101 Å². The third-order valence-electron chi connectivity index (χ3n) is 10.7. The highest BCUT2D eigenvalue weighted by Crippen LogP contribution is 2.52. The van der Waals surface area contributed by atoms with Crippen LogP contribution in [0.3, 0.4) is 0 Å². The van der Waals surface area contributed by atoms with Crippen molar-refractivity contribution in [2.45, 2.75) is 71.2 Å². The molecule has 0 unspecified atom stereocenters. The van der Waals surface area contributed by atoms with Gasteiger partial charge in [-0.2, -0.15) is 0 Å². The number of hydrogen-bond acceptors (Lipinski definition) is 7. The van der Waals surface area contributed by atoms with Crippen LogP contribution in [0.4, 0.5) is 0 Å². The number of carbonyl (C=O) groups is 2. The number of hydrogen-bond donors (Lipinski definition) is 1. The number of fused-ring (bicyclic) bond motifs is 3. The molecule has 0 spiro atoms. The maximum atomic E-state index is 14.2. The summed E-state index contributed by atoms with van der Waals surface area (Å²) in [6, 6.07) is 20.0. The van der Waals surface area contributed by atoms with Crippen LogP contribution in [0.25, 0.3) is 11.6 Å². The first kappa shape index (κ1) is 31.7. The molecule has 0 radical (unpaired) electrons. The highest BCUT2D eigenvalue weighted by atomic mass is 16.5. The Morgan fingerprint density at radius 3 is 2.49 bits per heavy atom. The van der Waals surface area contributed by atoms with Gasteiger partial charge in [0.05, 0.1) is 30.2 Å². The van der Waals surface area contributed by atoms with Crippen LogP contribution < -0.4 is 0 Å². The van der Waals surface area contributed by atoms with Crippen LogP contribution in [0.1, 0.15) is 68.7 Å². The van der Waals surface area contributed by atoms with Crippen molar-refractivity contribution < 1.29 is 23.8 Å². The summed E-state index contributed by atoms with van der Waals surface area (Å²) in [4.78, 5) is 36.9. The number of piperidine rings is 1. The van der Waals surface area contributed by atoms with Gasteiger partial charge < -0.3 is 14.3 Å². The van der Waals surface area contributed by atoms with E-state index in [0.717, 1.165) is 50.2 Å². The van der Waals surface area contributed by atoms with Gasteiger partial charge in [-0.1, -0.05) is 55.8 Å². The molecule has 5 heterocycles. The number of furan rings is 1. The standard InChI is InChI=1S/C39H45N3O5/c1-25(2)31-21-32-37(39(45)42(38(32)44)28-15-18-41(19-16-28)22-26-8-4-3-5-9-26)33-24-46-35(36(31)33)14-11-27(34-10-6-7-17-40-34)20-29-12-13-30(23-43)47-29/h3-10,12-13,17,20,25,28,32-33,35,37,43H,11,14-16,18-19,21-24H2,1-2H3/b27-20-/t32-,33+,35-,37-/m1/s1. The molecule has 2 amide bonds. The van der Waals surface area contributed by atoms with Crippen molar-refractivity contribution in [3.63, 3.8) is 0 Å². The Kier molecular flexibility index (Phi) is 9.26. The molecule has 1 aromatic carbocycles. The van der Waals surface area contributed by atoms with Gasteiger partial charge in [0.25, 0.3) is 0 Å². The number of amides is 2.